The van der Waals surface area contributed by atoms with E-state index in [1.807, 2.05) is 12.1 Å². The molecule has 1 fully saturated rings. The molecule has 104 valence electrons. The first-order valence-electron chi connectivity index (χ1n) is 6.44. The quantitative estimate of drug-likeness (QED) is 0.714. The molecule has 2 rings (SSSR count). The Bertz CT molecular complexity index is 457. The molecule has 0 radical (unpaired) electrons. The van der Waals surface area contributed by atoms with Gasteiger partial charge in [0.15, 0.2) is 0 Å². The lowest BCUT2D eigenvalue weighted by Crippen LogP contribution is -2.19. The molecule has 1 atom stereocenters. The number of rotatable bonds is 7. The molecule has 1 aromatic heterocycles. The minimum atomic E-state index is -0.874. The molecule has 1 saturated carbocycles. The smallest absolute Gasteiger partial charge is 0.306 e. The van der Waals surface area contributed by atoms with Crippen LogP contribution in [0.25, 0.3) is 0 Å². The lowest BCUT2D eigenvalue weighted by Gasteiger charge is -2.13. The number of esters is 1. The van der Waals surface area contributed by atoms with Gasteiger partial charge in [0.2, 0.25) is 0 Å². The van der Waals surface area contributed by atoms with Crippen molar-refractivity contribution in [1.82, 2.24) is 4.98 Å². The molecular weight excluding hydrogens is 262 g/mol. The Morgan fingerprint density at radius 3 is 2.68 bits per heavy atom. The molecule has 1 aromatic rings. The molecule has 0 aliphatic heterocycles. The Morgan fingerprint density at radius 1 is 1.42 bits per heavy atom. The summed E-state index contributed by atoms with van der Waals surface area (Å²) in [5.74, 6) is 1.07. The van der Waals surface area contributed by atoms with E-state index in [0.29, 0.717) is 17.9 Å². The number of carbonyl (C=O) groups excluding carboxylic acids is 1. The molecule has 0 N–H and O–H groups in total. The van der Waals surface area contributed by atoms with Crippen molar-refractivity contribution in [3.05, 3.63) is 30.1 Å². The summed E-state index contributed by atoms with van der Waals surface area (Å²) in [6.07, 6.45) is 6.68. The van der Waals surface area contributed by atoms with Crippen LogP contribution in [0.4, 0.5) is 0 Å². The third-order valence-electron chi connectivity index (χ3n) is 3.54. The Morgan fingerprint density at radius 2 is 2.11 bits per heavy atom. The van der Waals surface area contributed by atoms with Gasteiger partial charge in [0.1, 0.15) is 0 Å². The second kappa shape index (κ2) is 6.28. The highest BCUT2D eigenvalue weighted by molar-refractivity contribution is 7.85. The van der Waals surface area contributed by atoms with E-state index in [1.165, 1.54) is 7.11 Å². The lowest BCUT2D eigenvalue weighted by atomic mass is 10.1. The number of aromatic nitrogens is 1. The average molecular weight is 281 g/mol. The SMILES string of the molecule is COC(=O)CC1(CS(=O)CCc2ccncc2)CC1. The zero-order valence-corrected chi connectivity index (χ0v) is 11.9. The Balaban J connectivity index is 1.77. The molecule has 1 aliphatic rings. The number of hydrogen-bond donors (Lipinski definition) is 0. The van der Waals surface area contributed by atoms with Gasteiger partial charge in [-0.15, -0.1) is 0 Å². The average Bonchev–Trinajstić information content (AvgIpc) is 3.16. The second-order valence-corrected chi connectivity index (χ2v) is 6.72. The molecule has 19 heavy (non-hydrogen) atoms. The third kappa shape index (κ3) is 4.42. The highest BCUT2D eigenvalue weighted by Crippen LogP contribution is 2.49. The predicted octanol–water partition coefficient (Wildman–Crippen LogP) is 1.72. The number of hydrogen-bond acceptors (Lipinski definition) is 4. The van der Waals surface area contributed by atoms with Gasteiger partial charge in [-0.05, 0) is 42.4 Å². The molecule has 0 amide bonds. The fraction of sp³-hybridized carbons (Fsp3) is 0.571. The number of ether oxygens (including phenoxy) is 1. The molecule has 0 aromatic carbocycles. The van der Waals surface area contributed by atoms with Crippen molar-refractivity contribution in [2.75, 3.05) is 18.6 Å². The van der Waals surface area contributed by atoms with Crippen molar-refractivity contribution in [1.29, 1.82) is 0 Å². The maximum Gasteiger partial charge on any atom is 0.306 e. The van der Waals surface area contributed by atoms with E-state index >= 15 is 0 Å². The van der Waals surface area contributed by atoms with Gasteiger partial charge in [-0.3, -0.25) is 14.0 Å². The summed E-state index contributed by atoms with van der Waals surface area (Å²) in [7, 11) is 0.528. The molecule has 1 heterocycles. The fourth-order valence-corrected chi connectivity index (χ4v) is 3.80. The highest BCUT2D eigenvalue weighted by atomic mass is 32.2. The number of carbonyl (C=O) groups is 1. The van der Waals surface area contributed by atoms with E-state index in [9.17, 15) is 9.00 Å². The summed E-state index contributed by atoms with van der Waals surface area (Å²) in [4.78, 5) is 15.3. The van der Waals surface area contributed by atoms with Crippen LogP contribution in [0, 0.1) is 5.41 Å². The van der Waals surface area contributed by atoms with E-state index in [0.717, 1.165) is 24.8 Å². The van der Waals surface area contributed by atoms with Gasteiger partial charge in [0.05, 0.1) is 13.5 Å². The van der Waals surface area contributed by atoms with Crippen LogP contribution in [-0.2, 0) is 26.8 Å². The summed E-state index contributed by atoms with van der Waals surface area (Å²) >= 11 is 0. The zero-order chi connectivity index (χ0) is 13.7. The molecule has 4 nitrogen and oxygen atoms in total. The molecule has 1 unspecified atom stereocenters. The minimum absolute atomic E-state index is 0.0454. The molecular formula is C14H19NO3S. The van der Waals surface area contributed by atoms with Crippen molar-refractivity contribution in [3.8, 4) is 0 Å². The maximum absolute atomic E-state index is 12.1. The highest BCUT2D eigenvalue weighted by Gasteiger charge is 2.45. The van der Waals surface area contributed by atoms with Crippen LogP contribution >= 0.6 is 0 Å². The number of pyridine rings is 1. The molecule has 0 bridgehead atoms. The standard InChI is InChI=1S/C14H19NO3S/c1-18-13(16)10-14(5-6-14)11-19(17)9-4-12-2-7-15-8-3-12/h2-3,7-8H,4-6,9-11H2,1H3. The van der Waals surface area contributed by atoms with Gasteiger partial charge in [-0.2, -0.15) is 0 Å². The summed E-state index contributed by atoms with van der Waals surface area (Å²) in [5, 5.41) is 0. The van der Waals surface area contributed by atoms with Crippen LogP contribution in [0.15, 0.2) is 24.5 Å². The number of methoxy groups -OCH3 is 1. The predicted molar refractivity (Wildman–Crippen MR) is 74.1 cm³/mol. The molecule has 1 aliphatic carbocycles. The lowest BCUT2D eigenvalue weighted by molar-refractivity contribution is -0.141. The van der Waals surface area contributed by atoms with E-state index in [-0.39, 0.29) is 11.4 Å². The first-order valence-corrected chi connectivity index (χ1v) is 7.93. The van der Waals surface area contributed by atoms with Gasteiger partial charge >= 0.3 is 5.97 Å². The maximum atomic E-state index is 12.1. The van der Waals surface area contributed by atoms with Crippen molar-refractivity contribution in [3.63, 3.8) is 0 Å². The summed E-state index contributed by atoms with van der Waals surface area (Å²) in [5.41, 5.74) is 1.11. The van der Waals surface area contributed by atoms with Crippen LogP contribution in [-0.4, -0.2) is 33.8 Å². The fourth-order valence-electron chi connectivity index (χ4n) is 2.12. The first kappa shape index (κ1) is 14.2. The minimum Gasteiger partial charge on any atom is -0.469 e. The van der Waals surface area contributed by atoms with Crippen molar-refractivity contribution >= 4 is 16.8 Å². The second-order valence-electron chi connectivity index (χ2n) is 5.15. The topological polar surface area (TPSA) is 56.3 Å². The summed E-state index contributed by atoms with van der Waals surface area (Å²) in [6, 6.07) is 3.89. The summed E-state index contributed by atoms with van der Waals surface area (Å²) < 4.78 is 16.8. The van der Waals surface area contributed by atoms with Crippen LogP contribution < -0.4 is 0 Å². The largest absolute Gasteiger partial charge is 0.469 e. The summed E-state index contributed by atoms with van der Waals surface area (Å²) in [6.45, 7) is 0. The Kier molecular flexibility index (Phi) is 4.69. The van der Waals surface area contributed by atoms with E-state index in [4.69, 9.17) is 4.74 Å². The van der Waals surface area contributed by atoms with Crippen molar-refractivity contribution in [2.45, 2.75) is 25.7 Å². The van der Waals surface area contributed by atoms with E-state index in [1.54, 1.807) is 12.4 Å². The Labute approximate surface area is 116 Å². The first-order chi connectivity index (χ1) is 9.13. The van der Waals surface area contributed by atoms with Gasteiger partial charge in [-0.1, -0.05) is 0 Å². The van der Waals surface area contributed by atoms with E-state index in [2.05, 4.69) is 4.98 Å². The number of nitrogens with zero attached hydrogens (tertiary/aromatic N) is 1. The normalized spacial score (nSPS) is 17.7. The number of aryl methyl sites for hydroxylation is 1. The molecule has 0 spiro atoms. The van der Waals surface area contributed by atoms with E-state index < -0.39 is 10.8 Å². The van der Waals surface area contributed by atoms with Crippen molar-refractivity contribution in [2.24, 2.45) is 5.41 Å². The third-order valence-corrected chi connectivity index (χ3v) is 5.13. The van der Waals surface area contributed by atoms with Crippen LogP contribution in [0.1, 0.15) is 24.8 Å². The Hall–Kier alpha value is -1.23. The van der Waals surface area contributed by atoms with Crippen LogP contribution in [0.3, 0.4) is 0 Å². The zero-order valence-electron chi connectivity index (χ0n) is 11.1. The van der Waals surface area contributed by atoms with Crippen LogP contribution in [0.2, 0.25) is 0 Å². The van der Waals surface area contributed by atoms with Crippen molar-refractivity contribution < 1.29 is 13.7 Å². The van der Waals surface area contributed by atoms with Gasteiger partial charge in [-0.25, -0.2) is 0 Å². The van der Waals surface area contributed by atoms with Gasteiger partial charge in [0.25, 0.3) is 0 Å². The molecule has 5 heteroatoms. The molecule has 0 saturated heterocycles. The monoisotopic (exact) mass is 281 g/mol. The van der Waals surface area contributed by atoms with Gasteiger partial charge < -0.3 is 4.74 Å². The van der Waals surface area contributed by atoms with Gasteiger partial charge in [0, 0.05) is 34.7 Å². The van der Waals surface area contributed by atoms with Crippen LogP contribution in [0.5, 0.6) is 0 Å².